The average molecular weight is 326 g/mol. The van der Waals surface area contributed by atoms with E-state index in [9.17, 15) is 10.2 Å². The van der Waals surface area contributed by atoms with Crippen LogP contribution in [0, 0.1) is 0 Å². The Morgan fingerprint density at radius 3 is 2.04 bits per heavy atom. The van der Waals surface area contributed by atoms with Crippen LogP contribution in [0.4, 0.5) is 0 Å². The molecule has 0 amide bonds. The largest absolute Gasteiger partial charge is 0.508 e. The Hall–Kier alpha value is -3.26. The minimum atomic E-state index is -0.256. The molecule has 25 heavy (non-hydrogen) atoms. The normalized spacial score (nSPS) is 12.2. The Labute approximate surface area is 146 Å². The summed E-state index contributed by atoms with van der Waals surface area (Å²) >= 11 is 0. The number of rotatable bonds is 3. The lowest BCUT2D eigenvalue weighted by Gasteiger charge is -2.22. The molecule has 0 saturated heterocycles. The number of para-hydroxylation sites is 1. The molecule has 0 aliphatic heterocycles. The second-order valence-corrected chi connectivity index (χ2v) is 6.12. The molecular weight excluding hydrogens is 308 g/mol. The summed E-state index contributed by atoms with van der Waals surface area (Å²) in [5.41, 5.74) is 2.61. The van der Waals surface area contributed by atoms with E-state index in [1.807, 2.05) is 78.9 Å². The number of aromatic hydroxyl groups is 2. The fourth-order valence-electron chi connectivity index (χ4n) is 3.47. The molecule has 0 bridgehead atoms. The molecule has 1 atom stereocenters. The third-order valence-electron chi connectivity index (χ3n) is 4.62. The molecule has 4 aromatic rings. The highest BCUT2D eigenvalue weighted by Gasteiger charge is 2.24. The molecule has 0 radical (unpaired) electrons. The van der Waals surface area contributed by atoms with Gasteiger partial charge < -0.3 is 10.2 Å². The number of fused-ring (bicyclic) bond motifs is 1. The Bertz CT molecular complexity index is 1020. The lowest BCUT2D eigenvalue weighted by atomic mass is 9.82. The van der Waals surface area contributed by atoms with Gasteiger partial charge in [-0.25, -0.2) is 0 Å². The summed E-state index contributed by atoms with van der Waals surface area (Å²) in [6, 6.07) is 28.9. The van der Waals surface area contributed by atoms with Crippen LogP contribution in [-0.4, -0.2) is 10.2 Å². The van der Waals surface area contributed by atoms with Gasteiger partial charge in [-0.15, -0.1) is 0 Å². The average Bonchev–Trinajstić information content (AvgIpc) is 2.66. The van der Waals surface area contributed by atoms with Crippen LogP contribution in [0.15, 0.2) is 91.0 Å². The number of benzene rings is 4. The van der Waals surface area contributed by atoms with Gasteiger partial charge in [-0.3, -0.25) is 0 Å². The van der Waals surface area contributed by atoms with Crippen molar-refractivity contribution in [2.45, 2.75) is 5.92 Å². The van der Waals surface area contributed by atoms with E-state index in [-0.39, 0.29) is 17.4 Å². The first-order valence-electron chi connectivity index (χ1n) is 8.29. The molecular formula is C23H18O2. The number of hydrogen-bond donors (Lipinski definition) is 2. The van der Waals surface area contributed by atoms with E-state index >= 15 is 0 Å². The first kappa shape index (κ1) is 15.3. The zero-order valence-corrected chi connectivity index (χ0v) is 13.6. The Balaban J connectivity index is 2.06. The molecule has 4 rings (SSSR count). The zero-order chi connectivity index (χ0) is 17.2. The molecule has 2 N–H and O–H groups in total. The van der Waals surface area contributed by atoms with E-state index in [2.05, 4.69) is 0 Å². The van der Waals surface area contributed by atoms with E-state index in [0.717, 1.165) is 27.5 Å². The summed E-state index contributed by atoms with van der Waals surface area (Å²) in [6.45, 7) is 0. The molecule has 0 spiro atoms. The molecule has 0 aliphatic carbocycles. The summed E-state index contributed by atoms with van der Waals surface area (Å²) in [5, 5.41) is 23.2. The van der Waals surface area contributed by atoms with Crippen LogP contribution >= 0.6 is 0 Å². The molecule has 2 nitrogen and oxygen atoms in total. The fourth-order valence-corrected chi connectivity index (χ4v) is 3.47. The second kappa shape index (κ2) is 6.33. The highest BCUT2D eigenvalue weighted by Crippen LogP contribution is 2.43. The van der Waals surface area contributed by atoms with Crippen LogP contribution in [0.1, 0.15) is 22.6 Å². The van der Waals surface area contributed by atoms with E-state index in [4.69, 9.17) is 0 Å². The van der Waals surface area contributed by atoms with Gasteiger partial charge in [0.1, 0.15) is 11.5 Å². The second-order valence-electron chi connectivity index (χ2n) is 6.12. The Morgan fingerprint density at radius 2 is 1.24 bits per heavy atom. The molecule has 0 aromatic heterocycles. The van der Waals surface area contributed by atoms with Crippen molar-refractivity contribution in [3.8, 4) is 11.5 Å². The maximum atomic E-state index is 10.7. The molecule has 2 heteroatoms. The highest BCUT2D eigenvalue weighted by atomic mass is 16.3. The van der Waals surface area contributed by atoms with Crippen molar-refractivity contribution in [2.75, 3.05) is 0 Å². The van der Waals surface area contributed by atoms with E-state index < -0.39 is 0 Å². The van der Waals surface area contributed by atoms with Gasteiger partial charge >= 0.3 is 0 Å². The van der Waals surface area contributed by atoms with Crippen molar-refractivity contribution in [1.82, 2.24) is 0 Å². The zero-order valence-electron chi connectivity index (χ0n) is 13.6. The van der Waals surface area contributed by atoms with Crippen LogP contribution in [0.25, 0.3) is 10.8 Å². The quantitative estimate of drug-likeness (QED) is 0.493. The molecule has 0 unspecified atom stereocenters. The van der Waals surface area contributed by atoms with Crippen LogP contribution in [0.5, 0.6) is 11.5 Å². The smallest absolute Gasteiger partial charge is 0.120 e. The van der Waals surface area contributed by atoms with Crippen molar-refractivity contribution < 1.29 is 10.2 Å². The molecule has 0 heterocycles. The van der Waals surface area contributed by atoms with Crippen LogP contribution in [0.2, 0.25) is 0 Å². The van der Waals surface area contributed by atoms with Crippen molar-refractivity contribution >= 4 is 10.8 Å². The third kappa shape index (κ3) is 2.72. The fraction of sp³-hybridized carbons (Fsp3) is 0.0435. The van der Waals surface area contributed by atoms with Crippen molar-refractivity contribution in [3.05, 3.63) is 108 Å². The van der Waals surface area contributed by atoms with E-state index in [1.54, 1.807) is 12.1 Å². The van der Waals surface area contributed by atoms with Gasteiger partial charge in [0.05, 0.1) is 0 Å². The predicted octanol–water partition coefficient (Wildman–Crippen LogP) is 5.43. The summed E-state index contributed by atoms with van der Waals surface area (Å²) < 4.78 is 0. The minimum Gasteiger partial charge on any atom is -0.508 e. The van der Waals surface area contributed by atoms with Crippen molar-refractivity contribution in [1.29, 1.82) is 0 Å². The maximum Gasteiger partial charge on any atom is 0.120 e. The standard InChI is InChI=1S/C23H18O2/c24-20-13-7-6-12-19(20)22(17-9-2-1-3-10-17)23-18-11-5-4-8-16(18)14-15-21(23)25/h1-15,22,24-25H/t22-/m1/s1. The van der Waals surface area contributed by atoms with Gasteiger partial charge in [0.25, 0.3) is 0 Å². The lowest BCUT2D eigenvalue weighted by Crippen LogP contribution is -2.05. The monoisotopic (exact) mass is 326 g/mol. The topological polar surface area (TPSA) is 40.5 Å². The van der Waals surface area contributed by atoms with Gasteiger partial charge in [-0.2, -0.15) is 0 Å². The number of phenols is 2. The van der Waals surface area contributed by atoms with Gasteiger partial charge in [0, 0.05) is 17.0 Å². The molecule has 0 aliphatic rings. The Kier molecular flexibility index (Phi) is 3.87. The van der Waals surface area contributed by atoms with Crippen molar-refractivity contribution in [3.63, 3.8) is 0 Å². The van der Waals surface area contributed by atoms with Gasteiger partial charge in [0.15, 0.2) is 0 Å². The lowest BCUT2D eigenvalue weighted by molar-refractivity contribution is 0.459. The first-order chi connectivity index (χ1) is 12.3. The number of phenolic OH excluding ortho intramolecular Hbond substituents is 2. The molecule has 0 fully saturated rings. The minimum absolute atomic E-state index is 0.226. The molecule has 0 saturated carbocycles. The van der Waals surface area contributed by atoms with E-state index in [1.165, 1.54) is 0 Å². The third-order valence-corrected chi connectivity index (χ3v) is 4.62. The van der Waals surface area contributed by atoms with Gasteiger partial charge in [-0.05, 0) is 28.5 Å². The molecule has 4 aromatic carbocycles. The highest BCUT2D eigenvalue weighted by molar-refractivity contribution is 5.89. The number of hydrogen-bond acceptors (Lipinski definition) is 2. The van der Waals surface area contributed by atoms with Crippen LogP contribution in [0.3, 0.4) is 0 Å². The summed E-state index contributed by atoms with van der Waals surface area (Å²) in [7, 11) is 0. The van der Waals surface area contributed by atoms with Gasteiger partial charge in [-0.1, -0.05) is 78.9 Å². The SMILES string of the molecule is Oc1ccccc1[C@@H](c1ccccc1)c1c(O)ccc2ccccc12. The van der Waals surface area contributed by atoms with E-state index in [0.29, 0.717) is 0 Å². The van der Waals surface area contributed by atoms with Gasteiger partial charge in [0.2, 0.25) is 0 Å². The summed E-state index contributed by atoms with van der Waals surface area (Å²) in [6.07, 6.45) is 0. The van der Waals surface area contributed by atoms with Crippen LogP contribution < -0.4 is 0 Å². The first-order valence-corrected chi connectivity index (χ1v) is 8.29. The van der Waals surface area contributed by atoms with Crippen molar-refractivity contribution in [2.24, 2.45) is 0 Å². The Morgan fingerprint density at radius 1 is 0.560 bits per heavy atom. The van der Waals surface area contributed by atoms with Crippen LogP contribution in [-0.2, 0) is 0 Å². The summed E-state index contributed by atoms with van der Waals surface area (Å²) in [4.78, 5) is 0. The molecule has 122 valence electrons. The maximum absolute atomic E-state index is 10.7. The summed E-state index contributed by atoms with van der Waals surface area (Å²) in [5.74, 6) is 0.202. The predicted molar refractivity (Wildman–Crippen MR) is 101 cm³/mol.